The molecule has 0 unspecified atom stereocenters. The van der Waals surface area contributed by atoms with Crippen molar-refractivity contribution < 1.29 is 4.74 Å². The van der Waals surface area contributed by atoms with Crippen LogP contribution in [0.3, 0.4) is 0 Å². The molecule has 0 aliphatic heterocycles. The van der Waals surface area contributed by atoms with Gasteiger partial charge in [0.05, 0.1) is 6.61 Å². The molecular formula is C16H22O. The van der Waals surface area contributed by atoms with Crippen molar-refractivity contribution in [1.29, 1.82) is 0 Å². The van der Waals surface area contributed by atoms with Crippen LogP contribution in [0.1, 0.15) is 44.7 Å². The SMILES string of the molecule is C=Cc1cccc(C(C)(C)C)c1OCC1CC1. The molecule has 0 saturated heterocycles. The molecule has 1 fully saturated rings. The number of hydrogen-bond acceptors (Lipinski definition) is 1. The summed E-state index contributed by atoms with van der Waals surface area (Å²) < 4.78 is 6.04. The van der Waals surface area contributed by atoms with E-state index in [-0.39, 0.29) is 5.41 Å². The lowest BCUT2D eigenvalue weighted by molar-refractivity contribution is 0.291. The molecule has 0 atom stereocenters. The summed E-state index contributed by atoms with van der Waals surface area (Å²) in [7, 11) is 0. The Balaban J connectivity index is 2.31. The van der Waals surface area contributed by atoms with E-state index in [1.807, 2.05) is 6.08 Å². The second-order valence-corrected chi connectivity index (χ2v) is 5.93. The topological polar surface area (TPSA) is 9.23 Å². The lowest BCUT2D eigenvalue weighted by Crippen LogP contribution is -2.15. The molecule has 2 rings (SSSR count). The van der Waals surface area contributed by atoms with Crippen LogP contribution in [0, 0.1) is 5.92 Å². The van der Waals surface area contributed by atoms with Crippen LogP contribution in [0.15, 0.2) is 24.8 Å². The minimum absolute atomic E-state index is 0.109. The summed E-state index contributed by atoms with van der Waals surface area (Å²) in [6.07, 6.45) is 4.53. The summed E-state index contributed by atoms with van der Waals surface area (Å²) in [6, 6.07) is 6.32. The number of rotatable bonds is 4. The van der Waals surface area contributed by atoms with Crippen LogP contribution in [-0.4, -0.2) is 6.61 Å². The Kier molecular flexibility index (Phi) is 3.28. The van der Waals surface area contributed by atoms with Gasteiger partial charge >= 0.3 is 0 Å². The Morgan fingerprint density at radius 1 is 1.35 bits per heavy atom. The molecule has 1 aromatic rings. The lowest BCUT2D eigenvalue weighted by atomic mass is 9.85. The first kappa shape index (κ1) is 12.2. The van der Waals surface area contributed by atoms with E-state index < -0.39 is 0 Å². The van der Waals surface area contributed by atoms with Crippen molar-refractivity contribution in [3.63, 3.8) is 0 Å². The van der Waals surface area contributed by atoms with Gasteiger partial charge in [0.15, 0.2) is 0 Å². The van der Waals surface area contributed by atoms with E-state index in [0.717, 1.165) is 23.8 Å². The van der Waals surface area contributed by atoms with Crippen LogP contribution in [0.25, 0.3) is 6.08 Å². The highest BCUT2D eigenvalue weighted by Gasteiger charge is 2.25. The first-order valence-corrected chi connectivity index (χ1v) is 6.41. The highest BCUT2D eigenvalue weighted by atomic mass is 16.5. The zero-order valence-electron chi connectivity index (χ0n) is 11.1. The van der Waals surface area contributed by atoms with Gasteiger partial charge in [-0.25, -0.2) is 0 Å². The van der Waals surface area contributed by atoms with Gasteiger partial charge in [-0.1, -0.05) is 51.6 Å². The van der Waals surface area contributed by atoms with Gasteiger partial charge in [-0.3, -0.25) is 0 Å². The highest BCUT2D eigenvalue weighted by molar-refractivity contribution is 5.59. The summed E-state index contributed by atoms with van der Waals surface area (Å²) >= 11 is 0. The molecule has 17 heavy (non-hydrogen) atoms. The molecule has 0 bridgehead atoms. The van der Waals surface area contributed by atoms with Crippen molar-refractivity contribution in [2.24, 2.45) is 5.92 Å². The Hall–Kier alpha value is -1.24. The third-order valence-corrected chi connectivity index (χ3v) is 3.23. The molecule has 1 heteroatoms. The third kappa shape index (κ3) is 2.91. The van der Waals surface area contributed by atoms with E-state index in [1.54, 1.807) is 0 Å². The van der Waals surface area contributed by atoms with Gasteiger partial charge in [-0.15, -0.1) is 0 Å². The van der Waals surface area contributed by atoms with E-state index in [9.17, 15) is 0 Å². The molecule has 1 aliphatic carbocycles. The van der Waals surface area contributed by atoms with E-state index in [2.05, 4.69) is 45.5 Å². The van der Waals surface area contributed by atoms with Crippen LogP contribution >= 0.6 is 0 Å². The fourth-order valence-electron chi connectivity index (χ4n) is 1.95. The maximum atomic E-state index is 6.04. The monoisotopic (exact) mass is 230 g/mol. The summed E-state index contributed by atoms with van der Waals surface area (Å²) in [5.74, 6) is 1.81. The number of hydrogen-bond donors (Lipinski definition) is 0. The highest BCUT2D eigenvalue weighted by Crippen LogP contribution is 2.36. The second kappa shape index (κ2) is 4.56. The maximum absolute atomic E-state index is 6.04. The summed E-state index contributed by atoms with van der Waals surface area (Å²) in [6.45, 7) is 11.4. The van der Waals surface area contributed by atoms with E-state index in [0.29, 0.717) is 0 Å². The van der Waals surface area contributed by atoms with Gasteiger partial charge in [0, 0.05) is 11.1 Å². The van der Waals surface area contributed by atoms with Gasteiger partial charge < -0.3 is 4.74 Å². The molecule has 1 nitrogen and oxygen atoms in total. The van der Waals surface area contributed by atoms with E-state index in [1.165, 1.54) is 18.4 Å². The molecule has 1 saturated carbocycles. The first-order chi connectivity index (χ1) is 8.02. The molecule has 0 spiro atoms. The Labute approximate surface area is 104 Å². The molecule has 1 aliphatic rings. The normalized spacial score (nSPS) is 15.7. The molecule has 0 N–H and O–H groups in total. The molecule has 0 heterocycles. The van der Waals surface area contributed by atoms with Crippen LogP contribution in [0.5, 0.6) is 5.75 Å². The maximum Gasteiger partial charge on any atom is 0.130 e. The molecule has 0 amide bonds. The average molecular weight is 230 g/mol. The van der Waals surface area contributed by atoms with Crippen LogP contribution in [0.2, 0.25) is 0 Å². The van der Waals surface area contributed by atoms with E-state index in [4.69, 9.17) is 4.74 Å². The quantitative estimate of drug-likeness (QED) is 0.744. The minimum atomic E-state index is 0.109. The third-order valence-electron chi connectivity index (χ3n) is 3.23. The molecule has 1 aromatic carbocycles. The zero-order chi connectivity index (χ0) is 12.5. The first-order valence-electron chi connectivity index (χ1n) is 6.41. The van der Waals surface area contributed by atoms with Gasteiger partial charge in [0.25, 0.3) is 0 Å². The van der Waals surface area contributed by atoms with Crippen molar-refractivity contribution in [3.8, 4) is 5.75 Å². The standard InChI is InChI=1S/C16H22O/c1-5-13-7-6-8-14(16(2,3)4)15(13)17-11-12-9-10-12/h5-8,12H,1,9-11H2,2-4H3. The predicted octanol–water partition coefficient (Wildman–Crippen LogP) is 4.42. The van der Waals surface area contributed by atoms with Gasteiger partial charge in [0.1, 0.15) is 5.75 Å². The van der Waals surface area contributed by atoms with Gasteiger partial charge in [0.2, 0.25) is 0 Å². The lowest BCUT2D eigenvalue weighted by Gasteiger charge is -2.24. The predicted molar refractivity (Wildman–Crippen MR) is 73.5 cm³/mol. The Morgan fingerprint density at radius 3 is 2.59 bits per heavy atom. The molecule has 0 aromatic heterocycles. The smallest absolute Gasteiger partial charge is 0.130 e. The van der Waals surface area contributed by atoms with Gasteiger partial charge in [-0.2, -0.15) is 0 Å². The second-order valence-electron chi connectivity index (χ2n) is 5.93. The average Bonchev–Trinajstić information content (AvgIpc) is 3.08. The summed E-state index contributed by atoms with van der Waals surface area (Å²) in [4.78, 5) is 0. The van der Waals surface area contributed by atoms with Crippen LogP contribution in [-0.2, 0) is 5.41 Å². The fraction of sp³-hybridized carbons (Fsp3) is 0.500. The molecular weight excluding hydrogens is 208 g/mol. The number of ether oxygens (including phenoxy) is 1. The van der Waals surface area contributed by atoms with E-state index >= 15 is 0 Å². The van der Waals surface area contributed by atoms with Gasteiger partial charge in [-0.05, 0) is 24.2 Å². The van der Waals surface area contributed by atoms with Crippen molar-refractivity contribution in [2.75, 3.05) is 6.61 Å². The van der Waals surface area contributed by atoms with Crippen molar-refractivity contribution >= 4 is 6.08 Å². The Bertz CT molecular complexity index is 408. The van der Waals surface area contributed by atoms with Crippen molar-refractivity contribution in [3.05, 3.63) is 35.9 Å². The van der Waals surface area contributed by atoms with Crippen LogP contribution in [0.4, 0.5) is 0 Å². The number of benzene rings is 1. The molecule has 92 valence electrons. The van der Waals surface area contributed by atoms with Crippen LogP contribution < -0.4 is 4.74 Å². The van der Waals surface area contributed by atoms with Crippen molar-refractivity contribution in [1.82, 2.24) is 0 Å². The Morgan fingerprint density at radius 2 is 2.06 bits per heavy atom. The van der Waals surface area contributed by atoms with Crippen molar-refractivity contribution in [2.45, 2.75) is 39.0 Å². The minimum Gasteiger partial charge on any atom is -0.492 e. The molecule has 0 radical (unpaired) electrons. The summed E-state index contributed by atoms with van der Waals surface area (Å²) in [5, 5.41) is 0. The summed E-state index contributed by atoms with van der Waals surface area (Å²) in [5.41, 5.74) is 2.49. The zero-order valence-corrected chi connectivity index (χ0v) is 11.1. The largest absolute Gasteiger partial charge is 0.492 e. The number of para-hydroxylation sites is 1. The fourth-order valence-corrected chi connectivity index (χ4v) is 1.95.